The molecule has 0 aliphatic carbocycles. The Morgan fingerprint density at radius 2 is 1.79 bits per heavy atom. The van der Waals surface area contributed by atoms with Crippen LogP contribution in [0.15, 0.2) is 65.3 Å². The van der Waals surface area contributed by atoms with Crippen LogP contribution in [-0.4, -0.2) is 18.2 Å². The molecule has 3 rings (SSSR count). The molecule has 1 aliphatic heterocycles. The SMILES string of the molecule is CN1/C(=C\C=Nc2ccc([N+](=O)[O-])cc2)C(C)(C)c2ccccc21. The molecule has 0 radical (unpaired) electrons. The molecule has 0 amide bonds. The fourth-order valence-corrected chi connectivity index (χ4v) is 3.16. The van der Waals surface area contributed by atoms with Crippen LogP contribution in [0, 0.1) is 10.1 Å². The number of hydrogen-bond donors (Lipinski definition) is 0. The van der Waals surface area contributed by atoms with E-state index in [1.54, 1.807) is 18.3 Å². The number of likely N-dealkylation sites (N-methyl/N-ethyl adjacent to an activating group) is 1. The van der Waals surface area contributed by atoms with Gasteiger partial charge in [0.1, 0.15) is 0 Å². The Kier molecular flexibility index (Phi) is 3.93. The van der Waals surface area contributed by atoms with Crippen molar-refractivity contribution in [2.75, 3.05) is 11.9 Å². The van der Waals surface area contributed by atoms with Crippen molar-refractivity contribution in [3.05, 3.63) is 76.0 Å². The van der Waals surface area contributed by atoms with Crippen LogP contribution in [0.1, 0.15) is 19.4 Å². The molecule has 2 aromatic carbocycles. The summed E-state index contributed by atoms with van der Waals surface area (Å²) >= 11 is 0. The normalized spacial score (nSPS) is 17.5. The highest BCUT2D eigenvalue weighted by molar-refractivity contribution is 5.80. The standard InChI is InChI=1S/C19H19N3O2/c1-19(2)16-6-4-5-7-17(16)21(3)18(19)12-13-20-14-8-10-15(11-9-14)22(23)24/h4-13H,1-3H3/b18-12-,20-13?. The predicted octanol–water partition coefficient (Wildman–Crippen LogP) is 4.61. The third-order valence-corrected chi connectivity index (χ3v) is 4.46. The average Bonchev–Trinajstić information content (AvgIpc) is 2.76. The van der Waals surface area contributed by atoms with Gasteiger partial charge in [0.25, 0.3) is 5.69 Å². The molecule has 1 heterocycles. The van der Waals surface area contributed by atoms with E-state index < -0.39 is 4.92 Å². The van der Waals surface area contributed by atoms with E-state index in [1.165, 1.54) is 23.4 Å². The number of nitro benzene ring substituents is 1. The Morgan fingerprint density at radius 1 is 1.12 bits per heavy atom. The monoisotopic (exact) mass is 321 g/mol. The Labute approximate surface area is 141 Å². The van der Waals surface area contributed by atoms with Gasteiger partial charge >= 0.3 is 0 Å². The maximum atomic E-state index is 10.7. The van der Waals surface area contributed by atoms with Crippen molar-refractivity contribution in [1.82, 2.24) is 0 Å². The minimum atomic E-state index is -0.414. The van der Waals surface area contributed by atoms with Crippen molar-refractivity contribution in [3.63, 3.8) is 0 Å². The van der Waals surface area contributed by atoms with Crippen LogP contribution in [0.25, 0.3) is 0 Å². The highest BCUT2D eigenvalue weighted by atomic mass is 16.6. The summed E-state index contributed by atoms with van der Waals surface area (Å²) in [6, 6.07) is 14.6. The van der Waals surface area contributed by atoms with Gasteiger partial charge in [-0.15, -0.1) is 0 Å². The molecule has 0 atom stereocenters. The van der Waals surface area contributed by atoms with Crippen molar-refractivity contribution in [1.29, 1.82) is 0 Å². The summed E-state index contributed by atoms with van der Waals surface area (Å²) in [6.07, 6.45) is 3.75. The number of hydrogen-bond acceptors (Lipinski definition) is 4. The van der Waals surface area contributed by atoms with E-state index in [9.17, 15) is 10.1 Å². The second kappa shape index (κ2) is 5.92. The van der Waals surface area contributed by atoms with Gasteiger partial charge in [-0.3, -0.25) is 15.1 Å². The van der Waals surface area contributed by atoms with Crippen LogP contribution in [-0.2, 0) is 5.41 Å². The number of nitrogens with zero attached hydrogens (tertiary/aromatic N) is 3. The number of para-hydroxylation sites is 1. The first-order valence-electron chi connectivity index (χ1n) is 7.74. The second-order valence-corrected chi connectivity index (χ2v) is 6.30. The number of benzene rings is 2. The van der Waals surface area contributed by atoms with Crippen molar-refractivity contribution < 1.29 is 4.92 Å². The number of non-ortho nitro benzene ring substituents is 1. The lowest BCUT2D eigenvalue weighted by molar-refractivity contribution is -0.384. The lowest BCUT2D eigenvalue weighted by atomic mass is 9.84. The number of allylic oxidation sites excluding steroid dienone is 2. The van der Waals surface area contributed by atoms with E-state index in [0.717, 1.165) is 5.70 Å². The summed E-state index contributed by atoms with van der Waals surface area (Å²) in [6.45, 7) is 4.39. The van der Waals surface area contributed by atoms with Gasteiger partial charge in [-0.25, -0.2) is 0 Å². The van der Waals surface area contributed by atoms with E-state index in [1.807, 2.05) is 12.1 Å². The molecule has 5 heteroatoms. The van der Waals surface area contributed by atoms with Gasteiger partial charge in [0.05, 0.1) is 10.6 Å². The number of rotatable bonds is 3. The van der Waals surface area contributed by atoms with E-state index >= 15 is 0 Å². The fraction of sp³-hybridized carbons (Fsp3) is 0.211. The maximum absolute atomic E-state index is 10.7. The third kappa shape index (κ3) is 2.69. The molecular weight excluding hydrogens is 302 g/mol. The highest BCUT2D eigenvalue weighted by Gasteiger charge is 2.37. The van der Waals surface area contributed by atoms with E-state index in [-0.39, 0.29) is 11.1 Å². The highest BCUT2D eigenvalue weighted by Crippen LogP contribution is 2.46. The van der Waals surface area contributed by atoms with Gasteiger partial charge in [0.15, 0.2) is 0 Å². The van der Waals surface area contributed by atoms with Crippen molar-refractivity contribution in [3.8, 4) is 0 Å². The van der Waals surface area contributed by atoms with Crippen LogP contribution in [0.5, 0.6) is 0 Å². The fourth-order valence-electron chi connectivity index (χ4n) is 3.16. The van der Waals surface area contributed by atoms with E-state index in [2.05, 4.69) is 49.0 Å². The summed E-state index contributed by atoms with van der Waals surface area (Å²) < 4.78 is 0. The molecule has 0 fully saturated rings. The summed E-state index contributed by atoms with van der Waals surface area (Å²) in [5.74, 6) is 0. The molecule has 0 N–H and O–H groups in total. The van der Waals surface area contributed by atoms with E-state index in [4.69, 9.17) is 0 Å². The van der Waals surface area contributed by atoms with Gasteiger partial charge < -0.3 is 4.90 Å². The molecule has 5 nitrogen and oxygen atoms in total. The maximum Gasteiger partial charge on any atom is 0.269 e. The molecule has 0 spiro atoms. The van der Waals surface area contributed by atoms with E-state index in [0.29, 0.717) is 5.69 Å². The van der Waals surface area contributed by atoms with Gasteiger partial charge in [-0.1, -0.05) is 32.0 Å². The lowest BCUT2D eigenvalue weighted by Crippen LogP contribution is -2.22. The molecule has 0 saturated heterocycles. The zero-order valence-corrected chi connectivity index (χ0v) is 13.9. The van der Waals surface area contributed by atoms with Crippen LogP contribution < -0.4 is 4.90 Å². The quantitative estimate of drug-likeness (QED) is 0.471. The Morgan fingerprint density at radius 3 is 2.42 bits per heavy atom. The van der Waals surface area contributed by atoms with Crippen molar-refractivity contribution in [2.24, 2.45) is 4.99 Å². The zero-order chi connectivity index (χ0) is 17.3. The topological polar surface area (TPSA) is 58.7 Å². The van der Waals surface area contributed by atoms with Gasteiger partial charge in [0.2, 0.25) is 0 Å². The van der Waals surface area contributed by atoms with Gasteiger partial charge in [-0.05, 0) is 29.8 Å². The van der Waals surface area contributed by atoms with Gasteiger partial charge in [0, 0.05) is 42.2 Å². The zero-order valence-electron chi connectivity index (χ0n) is 13.9. The molecule has 0 unspecified atom stereocenters. The number of aliphatic imine (C=N–C) groups is 1. The van der Waals surface area contributed by atoms with Gasteiger partial charge in [-0.2, -0.15) is 0 Å². The summed E-state index contributed by atoms with van der Waals surface area (Å²) in [7, 11) is 2.05. The minimum Gasteiger partial charge on any atom is -0.347 e. The summed E-state index contributed by atoms with van der Waals surface area (Å²) in [5.41, 5.74) is 4.33. The van der Waals surface area contributed by atoms with Crippen molar-refractivity contribution in [2.45, 2.75) is 19.3 Å². The first-order valence-corrected chi connectivity index (χ1v) is 7.74. The van der Waals surface area contributed by atoms with Crippen LogP contribution >= 0.6 is 0 Å². The van der Waals surface area contributed by atoms with Crippen molar-refractivity contribution >= 4 is 23.3 Å². The predicted molar refractivity (Wildman–Crippen MR) is 97.2 cm³/mol. The lowest BCUT2D eigenvalue weighted by Gasteiger charge is -2.23. The molecule has 1 aliphatic rings. The Bertz CT molecular complexity index is 836. The Balaban J connectivity index is 1.86. The molecule has 24 heavy (non-hydrogen) atoms. The van der Waals surface area contributed by atoms with Crippen LogP contribution in [0.4, 0.5) is 17.1 Å². The second-order valence-electron chi connectivity index (χ2n) is 6.30. The third-order valence-electron chi connectivity index (χ3n) is 4.46. The summed E-state index contributed by atoms with van der Waals surface area (Å²) in [5, 5.41) is 10.7. The van der Waals surface area contributed by atoms with Crippen LogP contribution in [0.3, 0.4) is 0 Å². The smallest absolute Gasteiger partial charge is 0.269 e. The number of anilines is 1. The molecule has 0 aromatic heterocycles. The first-order chi connectivity index (χ1) is 11.4. The largest absolute Gasteiger partial charge is 0.347 e. The molecule has 122 valence electrons. The minimum absolute atomic E-state index is 0.0689. The average molecular weight is 321 g/mol. The number of fused-ring (bicyclic) bond motifs is 1. The molecule has 0 bridgehead atoms. The first kappa shape index (κ1) is 15.9. The summed E-state index contributed by atoms with van der Waals surface area (Å²) in [4.78, 5) is 16.8. The Hall–Kier alpha value is -2.95. The molecular formula is C19H19N3O2. The van der Waals surface area contributed by atoms with Crippen LogP contribution in [0.2, 0.25) is 0 Å². The molecule has 0 saturated carbocycles. The number of nitro groups is 1. The molecule has 2 aromatic rings.